The molecule has 1 aromatic rings. The molecule has 3 nitrogen and oxygen atoms in total. The van der Waals surface area contributed by atoms with Gasteiger partial charge in [0.05, 0.1) is 6.54 Å². The standard InChI is InChI=1S/C18H25ClN2O/c19-16-8-3-5-14(11-16)12-20-18(22)13-21-10-4-7-15-6-1-2-9-17(15)21/h3,5,8,11,15,17H,1-2,4,6-7,9-10,12-13H2,(H,20,22). The van der Waals surface area contributed by atoms with Crippen LogP contribution in [0.3, 0.4) is 0 Å². The first kappa shape index (κ1) is 15.8. The van der Waals surface area contributed by atoms with Crippen LogP contribution < -0.4 is 5.32 Å². The van der Waals surface area contributed by atoms with E-state index in [2.05, 4.69) is 10.2 Å². The van der Waals surface area contributed by atoms with Gasteiger partial charge in [0.25, 0.3) is 0 Å². The van der Waals surface area contributed by atoms with E-state index in [0.717, 1.165) is 18.0 Å². The zero-order chi connectivity index (χ0) is 15.4. The molecule has 1 saturated heterocycles. The Labute approximate surface area is 138 Å². The molecule has 2 unspecified atom stereocenters. The molecule has 0 radical (unpaired) electrons. The number of carbonyl (C=O) groups is 1. The molecule has 120 valence electrons. The number of carbonyl (C=O) groups excluding carboxylic acids is 1. The third kappa shape index (κ3) is 4.02. The van der Waals surface area contributed by atoms with Gasteiger partial charge in [-0.05, 0) is 55.8 Å². The number of amides is 1. The lowest BCUT2D eigenvalue weighted by molar-refractivity contribution is -0.124. The largest absolute Gasteiger partial charge is 0.351 e. The predicted molar refractivity (Wildman–Crippen MR) is 89.9 cm³/mol. The van der Waals surface area contributed by atoms with Crippen LogP contribution in [0.2, 0.25) is 5.02 Å². The third-order valence-corrected chi connectivity index (χ3v) is 5.32. The lowest BCUT2D eigenvalue weighted by Crippen LogP contribution is -2.50. The van der Waals surface area contributed by atoms with Crippen molar-refractivity contribution in [1.82, 2.24) is 10.2 Å². The van der Waals surface area contributed by atoms with Gasteiger partial charge in [0.15, 0.2) is 0 Å². The van der Waals surface area contributed by atoms with Gasteiger partial charge in [-0.1, -0.05) is 36.6 Å². The summed E-state index contributed by atoms with van der Waals surface area (Å²) in [5.74, 6) is 0.953. The van der Waals surface area contributed by atoms with Crippen molar-refractivity contribution < 1.29 is 4.79 Å². The van der Waals surface area contributed by atoms with Crippen molar-refractivity contribution >= 4 is 17.5 Å². The average Bonchev–Trinajstić information content (AvgIpc) is 2.53. The SMILES string of the molecule is O=C(CN1CCCC2CCCCC21)NCc1cccc(Cl)c1. The highest BCUT2D eigenvalue weighted by Crippen LogP contribution is 2.34. The van der Waals surface area contributed by atoms with E-state index < -0.39 is 0 Å². The number of piperidine rings is 1. The summed E-state index contributed by atoms with van der Waals surface area (Å²) in [5.41, 5.74) is 1.05. The second-order valence-electron chi connectivity index (χ2n) is 6.63. The van der Waals surface area contributed by atoms with Gasteiger partial charge in [-0.15, -0.1) is 0 Å². The molecular formula is C18H25ClN2O. The molecule has 0 aromatic heterocycles. The van der Waals surface area contributed by atoms with E-state index >= 15 is 0 Å². The van der Waals surface area contributed by atoms with Crippen molar-refractivity contribution in [1.29, 1.82) is 0 Å². The van der Waals surface area contributed by atoms with Crippen LogP contribution in [0.4, 0.5) is 0 Å². The second-order valence-corrected chi connectivity index (χ2v) is 7.07. The van der Waals surface area contributed by atoms with Crippen LogP contribution in [0, 0.1) is 5.92 Å². The lowest BCUT2D eigenvalue weighted by atomic mass is 9.78. The molecule has 1 amide bonds. The fourth-order valence-electron chi connectivity index (χ4n) is 4.01. The maximum atomic E-state index is 12.3. The fraction of sp³-hybridized carbons (Fsp3) is 0.611. The van der Waals surface area contributed by atoms with E-state index in [0.29, 0.717) is 24.2 Å². The summed E-state index contributed by atoms with van der Waals surface area (Å²) in [6.45, 7) is 2.18. The highest BCUT2D eigenvalue weighted by molar-refractivity contribution is 6.30. The maximum Gasteiger partial charge on any atom is 0.234 e. The van der Waals surface area contributed by atoms with Gasteiger partial charge in [0.2, 0.25) is 5.91 Å². The van der Waals surface area contributed by atoms with Crippen molar-refractivity contribution in [3.63, 3.8) is 0 Å². The van der Waals surface area contributed by atoms with E-state index in [1.54, 1.807) is 0 Å². The summed E-state index contributed by atoms with van der Waals surface area (Å²) in [5, 5.41) is 3.75. The molecule has 2 fully saturated rings. The van der Waals surface area contributed by atoms with Gasteiger partial charge in [0, 0.05) is 17.6 Å². The van der Waals surface area contributed by atoms with Crippen molar-refractivity contribution in [2.45, 2.75) is 51.1 Å². The molecule has 22 heavy (non-hydrogen) atoms. The predicted octanol–water partition coefficient (Wildman–Crippen LogP) is 3.61. The number of hydrogen-bond donors (Lipinski definition) is 1. The zero-order valence-electron chi connectivity index (χ0n) is 13.1. The topological polar surface area (TPSA) is 32.3 Å². The second kappa shape index (κ2) is 7.47. The first-order chi connectivity index (χ1) is 10.7. The molecule has 1 saturated carbocycles. The average molecular weight is 321 g/mol. The zero-order valence-corrected chi connectivity index (χ0v) is 13.8. The van der Waals surface area contributed by atoms with Crippen LogP contribution in [-0.2, 0) is 11.3 Å². The number of hydrogen-bond acceptors (Lipinski definition) is 2. The van der Waals surface area contributed by atoms with Crippen molar-refractivity contribution in [2.75, 3.05) is 13.1 Å². The van der Waals surface area contributed by atoms with E-state index in [1.807, 2.05) is 24.3 Å². The number of halogens is 1. The van der Waals surface area contributed by atoms with Crippen LogP contribution in [-0.4, -0.2) is 29.9 Å². The molecule has 0 spiro atoms. The maximum absolute atomic E-state index is 12.3. The number of rotatable bonds is 4. The van der Waals surface area contributed by atoms with Crippen LogP contribution in [0.1, 0.15) is 44.1 Å². The van der Waals surface area contributed by atoms with Crippen molar-refractivity contribution in [3.05, 3.63) is 34.9 Å². The summed E-state index contributed by atoms with van der Waals surface area (Å²) in [6, 6.07) is 8.30. The summed E-state index contributed by atoms with van der Waals surface area (Å²) in [6.07, 6.45) is 7.91. The highest BCUT2D eigenvalue weighted by Gasteiger charge is 2.33. The van der Waals surface area contributed by atoms with Crippen molar-refractivity contribution in [2.24, 2.45) is 5.92 Å². The Kier molecular flexibility index (Phi) is 5.37. The van der Waals surface area contributed by atoms with E-state index in [1.165, 1.54) is 38.5 Å². The van der Waals surface area contributed by atoms with Gasteiger partial charge in [-0.25, -0.2) is 0 Å². The van der Waals surface area contributed by atoms with E-state index in [-0.39, 0.29) is 5.91 Å². The molecule has 0 bridgehead atoms. The summed E-state index contributed by atoms with van der Waals surface area (Å²) >= 11 is 5.97. The number of nitrogens with one attached hydrogen (secondary N) is 1. The highest BCUT2D eigenvalue weighted by atomic mass is 35.5. The van der Waals surface area contributed by atoms with Crippen LogP contribution in [0.5, 0.6) is 0 Å². The minimum Gasteiger partial charge on any atom is -0.351 e. The van der Waals surface area contributed by atoms with Crippen molar-refractivity contribution in [3.8, 4) is 0 Å². The van der Waals surface area contributed by atoms with Gasteiger partial charge < -0.3 is 5.32 Å². The molecule has 1 N–H and O–H groups in total. The van der Waals surface area contributed by atoms with E-state index in [4.69, 9.17) is 11.6 Å². The third-order valence-electron chi connectivity index (χ3n) is 5.08. The monoisotopic (exact) mass is 320 g/mol. The van der Waals surface area contributed by atoms with Crippen LogP contribution in [0.25, 0.3) is 0 Å². The Morgan fingerprint density at radius 2 is 2.05 bits per heavy atom. The number of benzene rings is 1. The Hall–Kier alpha value is -1.06. The summed E-state index contributed by atoms with van der Waals surface area (Å²) in [4.78, 5) is 14.7. The first-order valence-electron chi connectivity index (χ1n) is 8.47. The Morgan fingerprint density at radius 1 is 1.23 bits per heavy atom. The number of nitrogens with zero attached hydrogens (tertiary/aromatic N) is 1. The fourth-order valence-corrected chi connectivity index (χ4v) is 4.23. The molecule has 1 heterocycles. The number of fused-ring (bicyclic) bond motifs is 1. The van der Waals surface area contributed by atoms with Gasteiger partial charge in [-0.3, -0.25) is 9.69 Å². The Balaban J connectivity index is 1.50. The number of likely N-dealkylation sites (tertiary alicyclic amines) is 1. The quantitative estimate of drug-likeness (QED) is 0.919. The molecule has 4 heteroatoms. The summed E-state index contributed by atoms with van der Waals surface area (Å²) < 4.78 is 0. The first-order valence-corrected chi connectivity index (χ1v) is 8.85. The smallest absolute Gasteiger partial charge is 0.234 e. The van der Waals surface area contributed by atoms with Crippen LogP contribution >= 0.6 is 11.6 Å². The van der Waals surface area contributed by atoms with Gasteiger partial charge >= 0.3 is 0 Å². The van der Waals surface area contributed by atoms with E-state index in [9.17, 15) is 4.79 Å². The van der Waals surface area contributed by atoms with Crippen LogP contribution in [0.15, 0.2) is 24.3 Å². The molecule has 2 atom stereocenters. The minimum atomic E-state index is 0.131. The molecule has 3 rings (SSSR count). The Bertz CT molecular complexity index is 518. The minimum absolute atomic E-state index is 0.131. The molecular weight excluding hydrogens is 296 g/mol. The molecule has 1 aliphatic carbocycles. The Morgan fingerprint density at radius 3 is 2.91 bits per heavy atom. The normalized spacial score (nSPS) is 25.5. The molecule has 2 aliphatic rings. The molecule has 1 aromatic carbocycles. The van der Waals surface area contributed by atoms with Gasteiger partial charge in [0.1, 0.15) is 0 Å². The van der Waals surface area contributed by atoms with Gasteiger partial charge in [-0.2, -0.15) is 0 Å². The lowest BCUT2D eigenvalue weighted by Gasteiger charge is -2.43. The summed E-state index contributed by atoms with van der Waals surface area (Å²) in [7, 11) is 0. The molecule has 1 aliphatic heterocycles.